The Morgan fingerprint density at radius 2 is 1.48 bits per heavy atom. The van der Waals surface area contributed by atoms with Gasteiger partial charge in [-0.2, -0.15) is 0 Å². The van der Waals surface area contributed by atoms with Gasteiger partial charge >= 0.3 is 11.9 Å². The van der Waals surface area contributed by atoms with Crippen molar-refractivity contribution in [2.24, 2.45) is 11.8 Å². The molecule has 2 aliphatic rings. The van der Waals surface area contributed by atoms with E-state index in [1.807, 2.05) is 60.3 Å². The van der Waals surface area contributed by atoms with Gasteiger partial charge in [-0.3, -0.25) is 9.78 Å². The number of pyridine rings is 1. The number of ether oxygens (including phenoxy) is 1. The molecule has 2 unspecified atom stereocenters. The molecule has 1 saturated carbocycles. The molecule has 7 rings (SSSR count). The molecule has 1 aliphatic carbocycles. The lowest BCUT2D eigenvalue weighted by atomic mass is 9.71. The van der Waals surface area contributed by atoms with Crippen LogP contribution in [-0.4, -0.2) is 96.5 Å². The second kappa shape index (κ2) is 24.6. The molecule has 0 saturated heterocycles. The number of benzene rings is 4. The molecule has 1 aromatic heterocycles. The molecule has 1 fully saturated rings. The zero-order chi connectivity index (χ0) is 46.1. The van der Waals surface area contributed by atoms with Gasteiger partial charge in [0.15, 0.2) is 0 Å². The number of para-hydroxylation sites is 2. The highest BCUT2D eigenvalue weighted by molar-refractivity contribution is 7.99. The molecule has 0 radical (unpaired) electrons. The molecule has 4 atom stereocenters. The first-order chi connectivity index (χ1) is 30.0. The zero-order valence-corrected chi connectivity index (χ0v) is 39.4. The Morgan fingerprint density at radius 3 is 1.98 bits per heavy atom. The van der Waals surface area contributed by atoms with Gasteiger partial charge in [-0.1, -0.05) is 99.1 Å². The molecule has 5 aromatic rings. The molecule has 338 valence electrons. The van der Waals surface area contributed by atoms with Crippen LogP contribution < -0.4 is 9.64 Å². The number of carbonyl (C=O) groups is 2. The first-order valence-corrected chi connectivity index (χ1v) is 22.6. The highest BCUT2D eigenvalue weighted by Crippen LogP contribution is 2.48. The van der Waals surface area contributed by atoms with Gasteiger partial charge < -0.3 is 34.8 Å². The lowest BCUT2D eigenvalue weighted by Crippen LogP contribution is -2.43. The van der Waals surface area contributed by atoms with E-state index in [0.717, 1.165) is 55.6 Å². The van der Waals surface area contributed by atoms with Crippen molar-refractivity contribution in [3.63, 3.8) is 0 Å². The Bertz CT molecular complexity index is 2120. The lowest BCUT2D eigenvalue weighted by molar-refractivity contribution is -0.138. The Kier molecular flexibility index (Phi) is 19.7. The number of aromatic carboxylic acids is 1. The number of hydrogen-bond donors (Lipinski definition) is 3. The van der Waals surface area contributed by atoms with Crippen LogP contribution in [0.4, 0.5) is 11.4 Å². The summed E-state index contributed by atoms with van der Waals surface area (Å²) >= 11 is 1.87. The largest absolute Gasteiger partial charge is 0.497 e. The van der Waals surface area contributed by atoms with E-state index >= 15 is 0 Å². The maximum atomic E-state index is 11.2. The predicted octanol–water partition coefficient (Wildman–Crippen LogP) is 10.7. The third kappa shape index (κ3) is 15.0. The molecule has 10 nitrogen and oxygen atoms in total. The number of fused-ring (bicyclic) bond motifs is 2. The van der Waals surface area contributed by atoms with Crippen LogP contribution in [0.3, 0.4) is 0 Å². The lowest BCUT2D eigenvalue weighted by Gasteiger charge is -2.41. The quantitative estimate of drug-likeness (QED) is 0.111. The number of hydrogen-bond acceptors (Lipinski definition) is 9. The summed E-state index contributed by atoms with van der Waals surface area (Å²) in [6.45, 7) is 10.3. The summed E-state index contributed by atoms with van der Waals surface area (Å²) in [5.41, 5.74) is 5.30. The normalized spacial score (nSPS) is 17.3. The summed E-state index contributed by atoms with van der Waals surface area (Å²) in [5, 5.41) is 28.4. The molecular formula is C52H68N4O6S. The number of carboxylic acid groups (broad SMARTS) is 2. The number of carboxylic acids is 2. The van der Waals surface area contributed by atoms with Crippen LogP contribution in [-0.2, 0) is 16.8 Å². The van der Waals surface area contributed by atoms with Crippen LogP contribution in [0.15, 0.2) is 131 Å². The second-order valence-electron chi connectivity index (χ2n) is 17.3. The SMILES string of the molecule is CC(C)Cc1ccc(C(C)C(=O)O)cc1.CC(CN1c2ccccc2Sc2ccccc21)N(C)C.COc1cccc([C@@]2(O)CCCC[C@@H]2CN(C)C)c1.O=C(O)c1cccnc1. The molecule has 4 aromatic carbocycles. The molecule has 0 bridgehead atoms. The average Bonchev–Trinajstić information content (AvgIpc) is 3.27. The number of rotatable bonds is 12. The smallest absolute Gasteiger partial charge is 0.337 e. The van der Waals surface area contributed by atoms with Crippen LogP contribution in [0.2, 0.25) is 0 Å². The zero-order valence-electron chi connectivity index (χ0n) is 38.6. The van der Waals surface area contributed by atoms with Crippen molar-refractivity contribution in [3.05, 3.63) is 144 Å². The third-order valence-corrected chi connectivity index (χ3v) is 12.6. The van der Waals surface area contributed by atoms with Crippen molar-refractivity contribution in [2.45, 2.75) is 87.2 Å². The maximum Gasteiger partial charge on any atom is 0.337 e. The summed E-state index contributed by atoms with van der Waals surface area (Å²) in [6, 6.07) is 36.7. The number of likely N-dealkylation sites (N-methyl/N-ethyl adjacent to an activating group) is 1. The second-order valence-corrected chi connectivity index (χ2v) is 18.4. The van der Waals surface area contributed by atoms with E-state index in [4.69, 9.17) is 14.9 Å². The minimum atomic E-state index is -0.942. The van der Waals surface area contributed by atoms with Crippen molar-refractivity contribution < 1.29 is 29.6 Å². The fraction of sp³-hybridized carbons (Fsp3) is 0.404. The minimum absolute atomic E-state index is 0.220. The number of nitrogens with zero attached hydrogens (tertiary/aromatic N) is 4. The van der Waals surface area contributed by atoms with E-state index in [2.05, 4.69) is 117 Å². The number of anilines is 2. The summed E-state index contributed by atoms with van der Waals surface area (Å²) in [7, 11) is 10.1. The molecule has 1 aliphatic heterocycles. The summed E-state index contributed by atoms with van der Waals surface area (Å²) in [6.07, 6.45) is 8.13. The van der Waals surface area contributed by atoms with Crippen molar-refractivity contribution >= 4 is 35.1 Å². The number of aromatic nitrogens is 1. The van der Waals surface area contributed by atoms with E-state index in [1.165, 1.54) is 51.6 Å². The number of aliphatic hydroxyl groups is 1. The van der Waals surface area contributed by atoms with Gasteiger partial charge in [0.2, 0.25) is 0 Å². The van der Waals surface area contributed by atoms with E-state index in [9.17, 15) is 14.7 Å². The predicted molar refractivity (Wildman–Crippen MR) is 257 cm³/mol. The highest BCUT2D eigenvalue weighted by atomic mass is 32.2. The van der Waals surface area contributed by atoms with Crippen LogP contribution in [0, 0.1) is 11.8 Å². The molecule has 0 spiro atoms. The van der Waals surface area contributed by atoms with Crippen molar-refractivity contribution in [1.29, 1.82) is 0 Å². The van der Waals surface area contributed by atoms with E-state index < -0.39 is 23.5 Å². The van der Waals surface area contributed by atoms with Gasteiger partial charge in [0.05, 0.1) is 35.6 Å². The summed E-state index contributed by atoms with van der Waals surface area (Å²) in [4.78, 5) is 34.1. The van der Waals surface area contributed by atoms with Gasteiger partial charge in [-0.05, 0) is 132 Å². The Morgan fingerprint density at radius 1 is 0.841 bits per heavy atom. The molecular weight excluding hydrogens is 809 g/mol. The van der Waals surface area contributed by atoms with Gasteiger partial charge in [0.1, 0.15) is 5.75 Å². The number of methoxy groups -OCH3 is 1. The van der Waals surface area contributed by atoms with Crippen molar-refractivity contribution in [3.8, 4) is 5.75 Å². The van der Waals surface area contributed by atoms with Gasteiger partial charge in [-0.15, -0.1) is 0 Å². The van der Waals surface area contributed by atoms with E-state index in [-0.39, 0.29) is 5.56 Å². The summed E-state index contributed by atoms with van der Waals surface area (Å²) < 4.78 is 5.29. The third-order valence-electron chi connectivity index (χ3n) is 11.5. The van der Waals surface area contributed by atoms with E-state index in [0.29, 0.717) is 17.9 Å². The first kappa shape index (κ1) is 50.4. The molecule has 11 heteroatoms. The van der Waals surface area contributed by atoms with Gasteiger partial charge in [0, 0.05) is 47.2 Å². The van der Waals surface area contributed by atoms with Gasteiger partial charge in [-0.25, -0.2) is 4.79 Å². The van der Waals surface area contributed by atoms with Crippen LogP contribution in [0.25, 0.3) is 0 Å². The van der Waals surface area contributed by atoms with Crippen LogP contribution >= 0.6 is 11.8 Å². The van der Waals surface area contributed by atoms with Crippen LogP contribution in [0.1, 0.15) is 86.3 Å². The maximum absolute atomic E-state index is 11.2. The van der Waals surface area contributed by atoms with Crippen molar-refractivity contribution in [2.75, 3.05) is 53.3 Å². The van der Waals surface area contributed by atoms with Crippen molar-refractivity contribution in [1.82, 2.24) is 14.8 Å². The first-order valence-electron chi connectivity index (χ1n) is 21.8. The van der Waals surface area contributed by atoms with Gasteiger partial charge in [0.25, 0.3) is 0 Å². The fourth-order valence-electron chi connectivity index (χ4n) is 7.63. The highest BCUT2D eigenvalue weighted by Gasteiger charge is 2.40. The molecule has 3 N–H and O–H groups in total. The monoisotopic (exact) mass is 876 g/mol. The Hall–Kier alpha value is -5.20. The molecule has 0 amide bonds. The fourth-order valence-corrected chi connectivity index (χ4v) is 8.73. The standard InChI is InChI=1S/C17H20N2S.C16H25NO2.C13H18O2.C6H5NO2/c1-13(18(2)3)12-19-14-8-4-6-10-16(14)20-17-11-7-5-9-15(17)19;1-17(2)12-14-7-4-5-10-16(14,18)13-8-6-9-15(11-13)19-3;1-9(2)8-11-4-6-12(7-5-11)10(3)13(14)15;8-6(9)5-2-1-3-7-4-5/h4-11,13H,12H2,1-3H3;6,8-9,11,14,18H,4-5,7,10,12H2,1-3H3;4-7,9-10H,8H2,1-3H3,(H,14,15);1-4H,(H,8,9)/t;14-,16+;;/m.1../s1. The average molecular weight is 877 g/mol. The van der Waals surface area contributed by atoms with E-state index in [1.54, 1.807) is 20.1 Å². The Balaban J connectivity index is 0.000000191. The Labute approximate surface area is 380 Å². The molecule has 2 heterocycles. The summed E-state index contributed by atoms with van der Waals surface area (Å²) in [5.74, 6) is -0.385. The topological polar surface area (TPSA) is 127 Å². The van der Waals surface area contributed by atoms with Crippen LogP contribution in [0.5, 0.6) is 5.75 Å². The molecule has 63 heavy (non-hydrogen) atoms. The number of aliphatic carboxylic acids is 1. The minimum Gasteiger partial charge on any atom is -0.497 e.